The number of hydrogen-bond acceptors (Lipinski definition) is 2. The third-order valence-corrected chi connectivity index (χ3v) is 4.29. The van der Waals surface area contributed by atoms with Crippen LogP contribution in [0.3, 0.4) is 0 Å². The van der Waals surface area contributed by atoms with Crippen molar-refractivity contribution in [2.24, 2.45) is 0 Å². The lowest BCUT2D eigenvalue weighted by molar-refractivity contribution is 0.628. The fourth-order valence-corrected chi connectivity index (χ4v) is 3.23. The molecule has 0 amide bonds. The molecule has 0 aliphatic rings. The highest BCUT2D eigenvalue weighted by Crippen LogP contribution is 2.37. The molecule has 90 valence electrons. The average molecular weight is 278 g/mol. The summed E-state index contributed by atoms with van der Waals surface area (Å²) in [6.07, 6.45) is 1.78. The lowest BCUT2D eigenvalue weighted by Crippen LogP contribution is -1.83. The number of benzene rings is 1. The molecule has 0 saturated heterocycles. The number of nitrogens with zero attached hydrogens (tertiary/aromatic N) is 1. The van der Waals surface area contributed by atoms with Crippen molar-refractivity contribution in [2.75, 3.05) is 0 Å². The Morgan fingerprint density at radius 3 is 2.83 bits per heavy atom. The van der Waals surface area contributed by atoms with Gasteiger partial charge >= 0.3 is 0 Å². The summed E-state index contributed by atoms with van der Waals surface area (Å²) in [5.74, 6) is -0.326. The van der Waals surface area contributed by atoms with Crippen LogP contribution in [0.25, 0.3) is 21.3 Å². The van der Waals surface area contributed by atoms with Crippen LogP contribution in [0, 0.1) is 12.7 Å². The van der Waals surface area contributed by atoms with E-state index < -0.39 is 0 Å². The van der Waals surface area contributed by atoms with Crippen LogP contribution in [0.1, 0.15) is 5.56 Å². The van der Waals surface area contributed by atoms with Gasteiger partial charge in [0.2, 0.25) is 0 Å². The first kappa shape index (κ1) is 11.6. The van der Waals surface area contributed by atoms with Gasteiger partial charge in [-0.1, -0.05) is 11.6 Å². The molecule has 2 heterocycles. The standard InChI is InChI=1S/C14H9ClFNS/c1-8-4-5-17-13-11(7-18-14(8)13)10-3-2-9(16)6-12(10)15/h2-7H,1H3. The Hall–Kier alpha value is -1.45. The molecule has 1 aromatic carbocycles. The van der Waals surface area contributed by atoms with Crippen LogP contribution >= 0.6 is 22.9 Å². The molecular formula is C14H9ClFNS. The lowest BCUT2D eigenvalue weighted by atomic mass is 10.1. The van der Waals surface area contributed by atoms with Crippen LogP contribution in [0.5, 0.6) is 0 Å². The minimum atomic E-state index is -0.326. The van der Waals surface area contributed by atoms with Gasteiger partial charge in [0.1, 0.15) is 5.82 Å². The van der Waals surface area contributed by atoms with Crippen molar-refractivity contribution in [1.29, 1.82) is 0 Å². The fraction of sp³-hybridized carbons (Fsp3) is 0.0714. The maximum atomic E-state index is 13.1. The number of rotatable bonds is 1. The van der Waals surface area contributed by atoms with E-state index in [2.05, 4.69) is 11.9 Å². The van der Waals surface area contributed by atoms with Crippen LogP contribution in [0.15, 0.2) is 35.8 Å². The topological polar surface area (TPSA) is 12.9 Å². The summed E-state index contributed by atoms with van der Waals surface area (Å²) < 4.78 is 14.2. The van der Waals surface area contributed by atoms with Crippen LogP contribution in [0.4, 0.5) is 4.39 Å². The first-order valence-electron chi connectivity index (χ1n) is 5.45. The van der Waals surface area contributed by atoms with Gasteiger partial charge in [-0.15, -0.1) is 11.3 Å². The van der Waals surface area contributed by atoms with E-state index in [4.69, 9.17) is 11.6 Å². The molecule has 0 spiro atoms. The monoisotopic (exact) mass is 277 g/mol. The second kappa shape index (κ2) is 4.34. The van der Waals surface area contributed by atoms with Gasteiger partial charge < -0.3 is 0 Å². The molecule has 0 atom stereocenters. The van der Waals surface area contributed by atoms with Crippen LogP contribution in [-0.2, 0) is 0 Å². The molecule has 0 bridgehead atoms. The molecule has 3 rings (SSSR count). The lowest BCUT2D eigenvalue weighted by Gasteiger charge is -2.03. The number of halogens is 2. The molecule has 0 unspecified atom stereocenters. The maximum Gasteiger partial charge on any atom is 0.124 e. The van der Waals surface area contributed by atoms with Crippen molar-refractivity contribution < 1.29 is 4.39 Å². The zero-order valence-corrected chi connectivity index (χ0v) is 11.1. The van der Waals surface area contributed by atoms with E-state index in [0.29, 0.717) is 5.02 Å². The molecule has 0 saturated carbocycles. The Morgan fingerprint density at radius 1 is 1.22 bits per heavy atom. The van der Waals surface area contributed by atoms with Crippen molar-refractivity contribution in [2.45, 2.75) is 6.92 Å². The van der Waals surface area contributed by atoms with E-state index in [1.807, 2.05) is 11.4 Å². The minimum Gasteiger partial charge on any atom is -0.255 e. The van der Waals surface area contributed by atoms with Gasteiger partial charge in [0, 0.05) is 22.7 Å². The molecule has 3 aromatic rings. The van der Waals surface area contributed by atoms with E-state index in [1.165, 1.54) is 17.7 Å². The molecule has 0 aliphatic carbocycles. The minimum absolute atomic E-state index is 0.326. The Bertz CT molecular complexity index is 736. The van der Waals surface area contributed by atoms with Crippen molar-refractivity contribution in [3.63, 3.8) is 0 Å². The molecule has 0 fully saturated rings. The third kappa shape index (κ3) is 1.80. The van der Waals surface area contributed by atoms with Gasteiger partial charge in [0.25, 0.3) is 0 Å². The predicted molar refractivity (Wildman–Crippen MR) is 74.8 cm³/mol. The Balaban J connectivity index is 2.29. The Kier molecular flexibility index (Phi) is 2.80. The Labute approximate surface area is 113 Å². The van der Waals surface area contributed by atoms with Crippen molar-refractivity contribution in [3.8, 4) is 11.1 Å². The number of aromatic nitrogens is 1. The van der Waals surface area contributed by atoms with E-state index in [-0.39, 0.29) is 5.82 Å². The first-order valence-corrected chi connectivity index (χ1v) is 6.71. The van der Waals surface area contributed by atoms with Crippen molar-refractivity contribution in [1.82, 2.24) is 4.98 Å². The highest BCUT2D eigenvalue weighted by atomic mass is 35.5. The summed E-state index contributed by atoms with van der Waals surface area (Å²) in [6, 6.07) is 6.43. The molecule has 1 nitrogen and oxygen atoms in total. The predicted octanol–water partition coefficient (Wildman–Crippen LogP) is 5.06. The smallest absolute Gasteiger partial charge is 0.124 e. The third-order valence-electron chi connectivity index (χ3n) is 2.87. The van der Waals surface area contributed by atoms with E-state index >= 15 is 0 Å². The van der Waals surface area contributed by atoms with Crippen molar-refractivity contribution in [3.05, 3.63) is 52.2 Å². The van der Waals surface area contributed by atoms with E-state index in [0.717, 1.165) is 21.3 Å². The zero-order valence-electron chi connectivity index (χ0n) is 9.58. The number of pyridine rings is 1. The Morgan fingerprint density at radius 2 is 2.06 bits per heavy atom. The fourth-order valence-electron chi connectivity index (χ4n) is 1.96. The molecule has 2 aromatic heterocycles. The van der Waals surface area contributed by atoms with E-state index in [9.17, 15) is 4.39 Å². The average Bonchev–Trinajstić information content (AvgIpc) is 2.74. The molecular weight excluding hydrogens is 269 g/mol. The summed E-state index contributed by atoms with van der Waals surface area (Å²) in [5, 5.41) is 2.43. The number of thiophene rings is 1. The van der Waals surface area contributed by atoms with Crippen LogP contribution in [0.2, 0.25) is 5.02 Å². The number of hydrogen-bond donors (Lipinski definition) is 0. The van der Waals surface area contributed by atoms with Crippen molar-refractivity contribution >= 4 is 33.2 Å². The molecule has 4 heteroatoms. The van der Waals surface area contributed by atoms with Gasteiger partial charge in [-0.05, 0) is 36.8 Å². The first-order chi connectivity index (χ1) is 8.66. The molecule has 0 aliphatic heterocycles. The highest BCUT2D eigenvalue weighted by Gasteiger charge is 2.12. The summed E-state index contributed by atoms with van der Waals surface area (Å²) in [4.78, 5) is 4.40. The summed E-state index contributed by atoms with van der Waals surface area (Å²) in [5.41, 5.74) is 3.90. The van der Waals surface area contributed by atoms with E-state index in [1.54, 1.807) is 23.6 Å². The van der Waals surface area contributed by atoms with Gasteiger partial charge in [0.15, 0.2) is 0 Å². The van der Waals surface area contributed by atoms with Gasteiger partial charge in [-0.25, -0.2) is 4.39 Å². The summed E-state index contributed by atoms with van der Waals surface area (Å²) in [7, 11) is 0. The second-order valence-corrected chi connectivity index (χ2v) is 5.37. The van der Waals surface area contributed by atoms with Gasteiger partial charge in [0.05, 0.1) is 15.2 Å². The number of aryl methyl sites for hydroxylation is 1. The molecule has 0 radical (unpaired) electrons. The summed E-state index contributed by atoms with van der Waals surface area (Å²) >= 11 is 7.73. The largest absolute Gasteiger partial charge is 0.255 e. The summed E-state index contributed by atoms with van der Waals surface area (Å²) in [6.45, 7) is 2.05. The number of fused-ring (bicyclic) bond motifs is 1. The van der Waals surface area contributed by atoms with Crippen LogP contribution < -0.4 is 0 Å². The second-order valence-electron chi connectivity index (χ2n) is 4.08. The zero-order chi connectivity index (χ0) is 12.7. The van der Waals surface area contributed by atoms with Crippen LogP contribution in [-0.4, -0.2) is 4.98 Å². The molecule has 0 N–H and O–H groups in total. The quantitative estimate of drug-likeness (QED) is 0.605. The van der Waals surface area contributed by atoms with Gasteiger partial charge in [-0.3, -0.25) is 4.98 Å². The van der Waals surface area contributed by atoms with Gasteiger partial charge in [-0.2, -0.15) is 0 Å². The maximum absolute atomic E-state index is 13.1. The SMILES string of the molecule is Cc1ccnc2c(-c3ccc(F)cc3Cl)csc12. The molecule has 18 heavy (non-hydrogen) atoms. The highest BCUT2D eigenvalue weighted by molar-refractivity contribution is 7.17. The normalized spacial score (nSPS) is 11.1.